The highest BCUT2D eigenvalue weighted by Gasteiger charge is 2.18. The molecule has 0 saturated carbocycles. The third kappa shape index (κ3) is 4.40. The normalized spacial score (nSPS) is 13.0. The van der Waals surface area contributed by atoms with E-state index in [0.29, 0.717) is 12.5 Å². The molecule has 1 N–H and O–H groups in total. The van der Waals surface area contributed by atoms with Crippen LogP contribution in [0.5, 0.6) is 0 Å². The molecule has 0 aliphatic carbocycles. The zero-order valence-electron chi connectivity index (χ0n) is 11.2. The van der Waals surface area contributed by atoms with E-state index in [1.165, 1.54) is 0 Å². The van der Waals surface area contributed by atoms with Crippen LogP contribution in [-0.4, -0.2) is 23.1 Å². The van der Waals surface area contributed by atoms with Crippen molar-refractivity contribution >= 4 is 0 Å². The summed E-state index contributed by atoms with van der Waals surface area (Å²) < 4.78 is 5.67. The lowest BCUT2D eigenvalue weighted by Crippen LogP contribution is -2.16. The van der Waals surface area contributed by atoms with E-state index in [-0.39, 0.29) is 6.10 Å². The second kappa shape index (κ2) is 7.35. The molecule has 0 aliphatic heterocycles. The monoisotopic (exact) mass is 237 g/mol. The maximum absolute atomic E-state index is 5.67. The average molecular weight is 237 g/mol. The van der Waals surface area contributed by atoms with Crippen LogP contribution in [0.1, 0.15) is 45.2 Å². The SMILES string of the molecule is CCNCc1cnc(C(OCC)C(C)C)nc1. The summed E-state index contributed by atoms with van der Waals surface area (Å²) in [7, 11) is 0. The lowest BCUT2D eigenvalue weighted by molar-refractivity contribution is 0.0231. The van der Waals surface area contributed by atoms with E-state index in [0.717, 1.165) is 24.5 Å². The molecule has 1 aromatic rings. The largest absolute Gasteiger partial charge is 0.370 e. The second-order valence-electron chi connectivity index (χ2n) is 4.35. The van der Waals surface area contributed by atoms with E-state index in [1.807, 2.05) is 19.3 Å². The van der Waals surface area contributed by atoms with Gasteiger partial charge in [0.1, 0.15) is 6.10 Å². The van der Waals surface area contributed by atoms with Gasteiger partial charge in [-0.25, -0.2) is 9.97 Å². The van der Waals surface area contributed by atoms with E-state index < -0.39 is 0 Å². The molecule has 0 bridgehead atoms. The predicted octanol–water partition coefficient (Wildman–Crippen LogP) is 2.32. The quantitative estimate of drug-likeness (QED) is 0.790. The van der Waals surface area contributed by atoms with Gasteiger partial charge in [0.15, 0.2) is 5.82 Å². The van der Waals surface area contributed by atoms with Gasteiger partial charge in [-0.3, -0.25) is 0 Å². The van der Waals surface area contributed by atoms with Gasteiger partial charge in [0, 0.05) is 31.1 Å². The fourth-order valence-electron chi connectivity index (χ4n) is 1.62. The molecule has 0 amide bonds. The van der Waals surface area contributed by atoms with E-state index in [9.17, 15) is 0 Å². The minimum Gasteiger partial charge on any atom is -0.370 e. The fraction of sp³-hybridized carbons (Fsp3) is 0.692. The van der Waals surface area contributed by atoms with Gasteiger partial charge in [-0.05, 0) is 19.4 Å². The van der Waals surface area contributed by atoms with Crippen LogP contribution in [0.2, 0.25) is 0 Å². The molecule has 0 spiro atoms. The van der Waals surface area contributed by atoms with Crippen molar-refractivity contribution in [3.8, 4) is 0 Å². The van der Waals surface area contributed by atoms with Crippen LogP contribution < -0.4 is 5.32 Å². The summed E-state index contributed by atoms with van der Waals surface area (Å²) in [5.41, 5.74) is 1.11. The lowest BCUT2D eigenvalue weighted by Gasteiger charge is -2.19. The number of hydrogen-bond donors (Lipinski definition) is 1. The summed E-state index contributed by atoms with van der Waals surface area (Å²) in [5.74, 6) is 1.16. The summed E-state index contributed by atoms with van der Waals surface area (Å²) in [6.45, 7) is 10.8. The van der Waals surface area contributed by atoms with Crippen LogP contribution in [0.4, 0.5) is 0 Å². The Morgan fingerprint density at radius 3 is 2.35 bits per heavy atom. The Morgan fingerprint density at radius 1 is 1.24 bits per heavy atom. The minimum atomic E-state index is -0.00631. The van der Waals surface area contributed by atoms with Crippen molar-refractivity contribution in [3.63, 3.8) is 0 Å². The lowest BCUT2D eigenvalue weighted by atomic mass is 10.1. The van der Waals surface area contributed by atoms with Gasteiger partial charge in [-0.15, -0.1) is 0 Å². The number of nitrogens with one attached hydrogen (secondary N) is 1. The highest BCUT2D eigenvalue weighted by molar-refractivity contribution is 5.06. The van der Waals surface area contributed by atoms with Crippen LogP contribution in [0, 0.1) is 5.92 Å². The Bertz CT molecular complexity index is 311. The molecule has 0 saturated heterocycles. The highest BCUT2D eigenvalue weighted by Crippen LogP contribution is 2.22. The van der Waals surface area contributed by atoms with E-state index >= 15 is 0 Å². The summed E-state index contributed by atoms with van der Waals surface area (Å²) in [4.78, 5) is 8.79. The van der Waals surface area contributed by atoms with Gasteiger partial charge in [0.25, 0.3) is 0 Å². The Hall–Kier alpha value is -1.00. The zero-order valence-corrected chi connectivity index (χ0v) is 11.2. The van der Waals surface area contributed by atoms with Crippen LogP contribution in [0.15, 0.2) is 12.4 Å². The summed E-state index contributed by atoms with van der Waals surface area (Å²) in [6.07, 6.45) is 3.74. The van der Waals surface area contributed by atoms with Crippen LogP contribution in [0.3, 0.4) is 0 Å². The molecule has 0 radical (unpaired) electrons. The molecule has 96 valence electrons. The van der Waals surface area contributed by atoms with Gasteiger partial charge in [-0.1, -0.05) is 20.8 Å². The molecule has 0 fully saturated rings. The number of ether oxygens (including phenoxy) is 1. The van der Waals surface area contributed by atoms with Gasteiger partial charge >= 0.3 is 0 Å². The van der Waals surface area contributed by atoms with Crippen molar-refractivity contribution in [2.45, 2.75) is 40.3 Å². The Balaban J connectivity index is 2.70. The van der Waals surface area contributed by atoms with Crippen molar-refractivity contribution in [3.05, 3.63) is 23.8 Å². The predicted molar refractivity (Wildman–Crippen MR) is 68.6 cm³/mol. The van der Waals surface area contributed by atoms with Crippen molar-refractivity contribution < 1.29 is 4.74 Å². The summed E-state index contributed by atoms with van der Waals surface area (Å²) in [6, 6.07) is 0. The van der Waals surface area contributed by atoms with Gasteiger partial charge in [-0.2, -0.15) is 0 Å². The van der Waals surface area contributed by atoms with Crippen molar-refractivity contribution in [2.75, 3.05) is 13.2 Å². The highest BCUT2D eigenvalue weighted by atomic mass is 16.5. The van der Waals surface area contributed by atoms with E-state index in [4.69, 9.17) is 4.74 Å². The molecule has 1 atom stereocenters. The molecular formula is C13H23N3O. The van der Waals surface area contributed by atoms with Gasteiger partial charge in [0.2, 0.25) is 0 Å². The van der Waals surface area contributed by atoms with Gasteiger partial charge in [0.05, 0.1) is 0 Å². The molecule has 0 aliphatic rings. The molecule has 0 aromatic carbocycles. The number of rotatable bonds is 7. The Morgan fingerprint density at radius 2 is 1.88 bits per heavy atom. The summed E-state index contributed by atoms with van der Waals surface area (Å²) >= 11 is 0. The first-order valence-corrected chi connectivity index (χ1v) is 6.32. The molecule has 4 nitrogen and oxygen atoms in total. The molecular weight excluding hydrogens is 214 g/mol. The first-order valence-electron chi connectivity index (χ1n) is 6.32. The van der Waals surface area contributed by atoms with Crippen molar-refractivity contribution in [1.29, 1.82) is 0 Å². The topological polar surface area (TPSA) is 47.0 Å². The number of hydrogen-bond acceptors (Lipinski definition) is 4. The third-order valence-corrected chi connectivity index (χ3v) is 2.51. The molecule has 1 aromatic heterocycles. The Labute approximate surface area is 104 Å². The second-order valence-corrected chi connectivity index (χ2v) is 4.35. The van der Waals surface area contributed by atoms with Crippen LogP contribution in [0.25, 0.3) is 0 Å². The zero-order chi connectivity index (χ0) is 12.7. The van der Waals surface area contributed by atoms with Gasteiger partial charge < -0.3 is 10.1 Å². The van der Waals surface area contributed by atoms with E-state index in [2.05, 4.69) is 36.1 Å². The summed E-state index contributed by atoms with van der Waals surface area (Å²) in [5, 5.41) is 3.25. The van der Waals surface area contributed by atoms with Crippen molar-refractivity contribution in [1.82, 2.24) is 15.3 Å². The number of aromatic nitrogens is 2. The minimum absolute atomic E-state index is 0.00631. The number of nitrogens with zero attached hydrogens (tertiary/aromatic N) is 2. The standard InChI is InChI=1S/C13H23N3O/c1-5-14-7-11-8-15-13(16-9-11)12(10(3)4)17-6-2/h8-10,12,14H,5-7H2,1-4H3. The maximum Gasteiger partial charge on any atom is 0.157 e. The van der Waals surface area contributed by atoms with Crippen LogP contribution in [-0.2, 0) is 11.3 Å². The smallest absolute Gasteiger partial charge is 0.157 e. The third-order valence-electron chi connectivity index (χ3n) is 2.51. The molecule has 4 heteroatoms. The first-order chi connectivity index (χ1) is 8.19. The first kappa shape index (κ1) is 14.1. The Kier molecular flexibility index (Phi) is 6.08. The molecule has 17 heavy (non-hydrogen) atoms. The average Bonchev–Trinajstić information content (AvgIpc) is 2.34. The molecule has 1 heterocycles. The molecule has 1 rings (SSSR count). The maximum atomic E-state index is 5.67. The van der Waals surface area contributed by atoms with Crippen LogP contribution >= 0.6 is 0 Å². The van der Waals surface area contributed by atoms with Crippen molar-refractivity contribution in [2.24, 2.45) is 5.92 Å². The molecule has 1 unspecified atom stereocenters. The van der Waals surface area contributed by atoms with E-state index in [1.54, 1.807) is 0 Å². The fourth-order valence-corrected chi connectivity index (χ4v) is 1.62.